The van der Waals surface area contributed by atoms with Crippen LogP contribution in [0.1, 0.15) is 51.9 Å². The summed E-state index contributed by atoms with van der Waals surface area (Å²) in [6.07, 6.45) is 8.17. The van der Waals surface area contributed by atoms with Gasteiger partial charge < -0.3 is 15.5 Å². The number of carbonyl (C=O) groups excluding carboxylic acids is 1. The van der Waals surface area contributed by atoms with E-state index in [1.807, 2.05) is 21.1 Å². The Bertz CT molecular complexity index is 384. The van der Waals surface area contributed by atoms with E-state index >= 15 is 0 Å². The quantitative estimate of drug-likeness (QED) is 0.361. The predicted octanol–water partition coefficient (Wildman–Crippen LogP) is 1.67. The van der Waals surface area contributed by atoms with Gasteiger partial charge in [-0.2, -0.15) is 0 Å². The van der Waals surface area contributed by atoms with Crippen molar-refractivity contribution in [2.45, 2.75) is 57.9 Å². The maximum absolute atomic E-state index is 12.2. The average Bonchev–Trinajstić information content (AvgIpc) is 3.04. The third-order valence-electron chi connectivity index (χ3n) is 4.55. The van der Waals surface area contributed by atoms with Gasteiger partial charge in [0.25, 0.3) is 0 Å². The predicted molar refractivity (Wildman–Crippen MR) is 101 cm³/mol. The molecule has 1 aliphatic heterocycles. The molecule has 0 aromatic rings. The molecule has 1 fully saturated rings. The van der Waals surface area contributed by atoms with E-state index in [2.05, 4.69) is 27.4 Å². The van der Waals surface area contributed by atoms with E-state index in [-0.39, 0.29) is 11.9 Å². The fourth-order valence-corrected chi connectivity index (χ4v) is 3.14. The Morgan fingerprint density at radius 2 is 1.88 bits per heavy atom. The van der Waals surface area contributed by atoms with Crippen LogP contribution in [0.15, 0.2) is 4.99 Å². The highest BCUT2D eigenvalue weighted by Gasteiger charge is 2.30. The molecule has 1 unspecified atom stereocenters. The molecule has 1 aliphatic rings. The average molecular weight is 340 g/mol. The van der Waals surface area contributed by atoms with E-state index in [4.69, 9.17) is 0 Å². The second-order valence-corrected chi connectivity index (χ2v) is 6.77. The van der Waals surface area contributed by atoms with E-state index in [1.165, 1.54) is 25.7 Å². The van der Waals surface area contributed by atoms with Crippen molar-refractivity contribution in [1.29, 1.82) is 0 Å². The molecular weight excluding hydrogens is 302 g/mol. The van der Waals surface area contributed by atoms with Crippen LogP contribution in [0.5, 0.6) is 0 Å². The van der Waals surface area contributed by atoms with Gasteiger partial charge in [-0.15, -0.1) is 0 Å². The summed E-state index contributed by atoms with van der Waals surface area (Å²) >= 11 is 0. The minimum Gasteiger partial charge on any atom is -0.356 e. The lowest BCUT2D eigenvalue weighted by atomic mass is 10.2. The zero-order valence-electron chi connectivity index (χ0n) is 16.1. The van der Waals surface area contributed by atoms with Gasteiger partial charge in [0.1, 0.15) is 0 Å². The molecule has 24 heavy (non-hydrogen) atoms. The minimum atomic E-state index is 0.0796. The molecule has 1 atom stereocenters. The molecule has 1 amide bonds. The smallest absolute Gasteiger partial charge is 0.239 e. The highest BCUT2D eigenvalue weighted by Crippen LogP contribution is 2.18. The fourth-order valence-electron chi connectivity index (χ4n) is 3.14. The standard InChI is InChI=1S/C18H37N5O/c1-5-6-7-8-12-20-18(19-2)21-13-10-15-23-14-9-11-16(23)17(24)22(3)4/h16H,5-15H2,1-4H3,(H2,19,20,21). The molecule has 1 heterocycles. The number of nitrogens with one attached hydrogen (secondary N) is 2. The number of likely N-dealkylation sites (N-methyl/N-ethyl adjacent to an activating group) is 1. The molecule has 140 valence electrons. The largest absolute Gasteiger partial charge is 0.356 e. The van der Waals surface area contributed by atoms with Crippen LogP contribution in [0.25, 0.3) is 0 Å². The number of hydrogen-bond donors (Lipinski definition) is 2. The molecule has 1 saturated heterocycles. The maximum atomic E-state index is 12.2. The van der Waals surface area contributed by atoms with Crippen LogP contribution in [0.2, 0.25) is 0 Å². The Morgan fingerprint density at radius 3 is 2.50 bits per heavy atom. The summed E-state index contributed by atoms with van der Waals surface area (Å²) in [5.74, 6) is 1.12. The molecule has 0 saturated carbocycles. The van der Waals surface area contributed by atoms with Crippen LogP contribution in [0.4, 0.5) is 0 Å². The van der Waals surface area contributed by atoms with Crippen LogP contribution < -0.4 is 10.6 Å². The number of nitrogens with zero attached hydrogens (tertiary/aromatic N) is 3. The van der Waals surface area contributed by atoms with Gasteiger partial charge in [0.2, 0.25) is 5.91 Å². The van der Waals surface area contributed by atoms with Crippen LogP contribution in [0, 0.1) is 0 Å². The first kappa shape index (κ1) is 20.7. The summed E-state index contributed by atoms with van der Waals surface area (Å²) in [5, 5.41) is 6.73. The summed E-state index contributed by atoms with van der Waals surface area (Å²) in [4.78, 5) is 20.5. The lowest BCUT2D eigenvalue weighted by Gasteiger charge is -2.26. The zero-order chi connectivity index (χ0) is 17.8. The molecule has 0 aromatic heterocycles. The highest BCUT2D eigenvalue weighted by atomic mass is 16.2. The Labute approximate surface area is 148 Å². The van der Waals surface area contributed by atoms with Crippen LogP contribution >= 0.6 is 0 Å². The monoisotopic (exact) mass is 339 g/mol. The first-order chi connectivity index (χ1) is 11.6. The van der Waals surface area contributed by atoms with Crippen LogP contribution in [0.3, 0.4) is 0 Å². The minimum absolute atomic E-state index is 0.0796. The van der Waals surface area contributed by atoms with Crippen molar-refractivity contribution in [3.05, 3.63) is 0 Å². The van der Waals surface area contributed by atoms with E-state index < -0.39 is 0 Å². The van der Waals surface area contributed by atoms with Crippen molar-refractivity contribution in [3.63, 3.8) is 0 Å². The van der Waals surface area contributed by atoms with Crippen molar-refractivity contribution >= 4 is 11.9 Å². The van der Waals surface area contributed by atoms with Crippen molar-refractivity contribution < 1.29 is 4.79 Å². The molecule has 6 heteroatoms. The van der Waals surface area contributed by atoms with E-state index in [9.17, 15) is 4.79 Å². The van der Waals surface area contributed by atoms with Gasteiger partial charge in [0.05, 0.1) is 6.04 Å². The number of hydrogen-bond acceptors (Lipinski definition) is 3. The normalized spacial score (nSPS) is 18.7. The molecule has 6 nitrogen and oxygen atoms in total. The Hall–Kier alpha value is -1.30. The van der Waals surface area contributed by atoms with Crippen molar-refractivity contribution in [2.24, 2.45) is 4.99 Å². The molecular formula is C18H37N5O. The molecule has 1 rings (SSSR count). The number of rotatable bonds is 10. The van der Waals surface area contributed by atoms with E-state index in [1.54, 1.807) is 4.90 Å². The third kappa shape index (κ3) is 7.51. The number of guanidine groups is 1. The van der Waals surface area contributed by atoms with E-state index in [0.717, 1.165) is 51.4 Å². The van der Waals surface area contributed by atoms with Crippen molar-refractivity contribution in [3.8, 4) is 0 Å². The Balaban J connectivity index is 2.18. The van der Waals surface area contributed by atoms with Gasteiger partial charge in [-0.25, -0.2) is 0 Å². The second kappa shape index (κ2) is 12.1. The molecule has 2 N–H and O–H groups in total. The topological polar surface area (TPSA) is 60.0 Å². The van der Waals surface area contributed by atoms with E-state index in [0.29, 0.717) is 0 Å². The molecule has 0 aliphatic carbocycles. The SMILES string of the molecule is CCCCCCNC(=NC)NCCCN1CCCC1C(=O)N(C)C. The zero-order valence-corrected chi connectivity index (χ0v) is 16.1. The van der Waals surface area contributed by atoms with Gasteiger partial charge >= 0.3 is 0 Å². The van der Waals surface area contributed by atoms with Crippen LogP contribution in [-0.4, -0.2) is 75.0 Å². The molecule has 0 aromatic carbocycles. The second-order valence-electron chi connectivity index (χ2n) is 6.77. The van der Waals surface area contributed by atoms with Crippen molar-refractivity contribution in [1.82, 2.24) is 20.4 Å². The maximum Gasteiger partial charge on any atom is 0.239 e. The molecule has 0 bridgehead atoms. The summed E-state index contributed by atoms with van der Waals surface area (Å²) in [6, 6.07) is 0.0796. The number of amides is 1. The molecule has 0 spiro atoms. The van der Waals surface area contributed by atoms with Crippen LogP contribution in [-0.2, 0) is 4.79 Å². The number of carbonyl (C=O) groups is 1. The lowest BCUT2D eigenvalue weighted by Crippen LogP contribution is -2.44. The van der Waals surface area contributed by atoms with Gasteiger partial charge in [0.15, 0.2) is 5.96 Å². The van der Waals surface area contributed by atoms with Gasteiger partial charge in [-0.05, 0) is 32.2 Å². The highest BCUT2D eigenvalue weighted by molar-refractivity contribution is 5.81. The van der Waals surface area contributed by atoms with Gasteiger partial charge in [-0.3, -0.25) is 14.7 Å². The number of unbranched alkanes of at least 4 members (excludes halogenated alkanes) is 3. The number of aliphatic imine (C=N–C) groups is 1. The number of likely N-dealkylation sites (tertiary alicyclic amines) is 1. The summed E-state index contributed by atoms with van der Waals surface area (Å²) in [5.41, 5.74) is 0. The first-order valence-corrected chi connectivity index (χ1v) is 9.49. The van der Waals surface area contributed by atoms with Gasteiger partial charge in [-0.1, -0.05) is 26.2 Å². The fraction of sp³-hybridized carbons (Fsp3) is 0.889. The Morgan fingerprint density at radius 1 is 1.17 bits per heavy atom. The Kier molecular flexibility index (Phi) is 10.5. The first-order valence-electron chi connectivity index (χ1n) is 9.49. The molecule has 0 radical (unpaired) electrons. The summed E-state index contributed by atoms with van der Waals surface area (Å²) in [6.45, 7) is 6.09. The lowest BCUT2D eigenvalue weighted by molar-refractivity contribution is -0.133. The summed E-state index contributed by atoms with van der Waals surface area (Å²) in [7, 11) is 5.50. The van der Waals surface area contributed by atoms with Crippen molar-refractivity contribution in [2.75, 3.05) is 47.3 Å². The summed E-state index contributed by atoms with van der Waals surface area (Å²) < 4.78 is 0. The van der Waals surface area contributed by atoms with Gasteiger partial charge in [0, 0.05) is 40.8 Å². The third-order valence-corrected chi connectivity index (χ3v) is 4.55.